The number of rotatable bonds is 2. The maximum absolute atomic E-state index is 3.63. The Morgan fingerprint density at radius 1 is 1.20 bits per heavy atom. The minimum atomic E-state index is 0.744. The molecule has 0 aromatic heterocycles. The molecule has 2 rings (SSSR count). The highest BCUT2D eigenvalue weighted by molar-refractivity contribution is 4.84. The second-order valence-electron chi connectivity index (χ2n) is 5.28. The van der Waals surface area contributed by atoms with Gasteiger partial charge >= 0.3 is 0 Å². The summed E-state index contributed by atoms with van der Waals surface area (Å²) in [4.78, 5) is 5.09. The van der Waals surface area contributed by atoms with E-state index in [1.54, 1.807) is 0 Å². The number of hydrogen-bond donors (Lipinski definition) is 1. The Morgan fingerprint density at radius 2 is 2.07 bits per heavy atom. The fourth-order valence-corrected chi connectivity index (χ4v) is 2.70. The highest BCUT2D eigenvalue weighted by Crippen LogP contribution is 2.16. The second kappa shape index (κ2) is 5.28. The summed E-state index contributed by atoms with van der Waals surface area (Å²) in [6, 6.07) is 0.744. The molecule has 0 aromatic rings. The largest absolute Gasteiger partial charge is 0.312 e. The summed E-state index contributed by atoms with van der Waals surface area (Å²) in [6.07, 6.45) is 2.69. The highest BCUT2D eigenvalue weighted by Gasteiger charge is 2.25. The zero-order valence-electron chi connectivity index (χ0n) is 10.2. The molecule has 2 unspecified atom stereocenters. The third-order valence-electron chi connectivity index (χ3n) is 3.96. The average Bonchev–Trinajstić information content (AvgIpc) is 2.48. The molecule has 0 saturated carbocycles. The monoisotopic (exact) mass is 211 g/mol. The van der Waals surface area contributed by atoms with E-state index in [1.165, 1.54) is 52.1 Å². The van der Waals surface area contributed by atoms with Gasteiger partial charge in [0.25, 0.3) is 0 Å². The van der Waals surface area contributed by atoms with Gasteiger partial charge in [-0.25, -0.2) is 0 Å². The van der Waals surface area contributed by atoms with E-state index in [9.17, 15) is 0 Å². The highest BCUT2D eigenvalue weighted by atomic mass is 15.2. The van der Waals surface area contributed by atoms with Crippen LogP contribution in [0, 0.1) is 5.92 Å². The van der Waals surface area contributed by atoms with Gasteiger partial charge in [-0.1, -0.05) is 6.92 Å². The summed E-state index contributed by atoms with van der Waals surface area (Å²) in [6.45, 7) is 9.91. The molecular formula is C12H25N3. The lowest BCUT2D eigenvalue weighted by Crippen LogP contribution is -2.41. The third kappa shape index (κ3) is 3.16. The summed E-state index contributed by atoms with van der Waals surface area (Å²) >= 11 is 0. The fraction of sp³-hybridized carbons (Fsp3) is 1.00. The summed E-state index contributed by atoms with van der Waals surface area (Å²) in [7, 11) is 2.24. The lowest BCUT2D eigenvalue weighted by Gasteiger charge is -2.26. The molecule has 0 aromatic carbocycles. The van der Waals surface area contributed by atoms with Gasteiger partial charge in [-0.05, 0) is 45.4 Å². The normalized spacial score (nSPS) is 35.6. The smallest absolute Gasteiger partial charge is 0.0221 e. The van der Waals surface area contributed by atoms with Crippen LogP contribution in [0.15, 0.2) is 0 Å². The molecule has 2 heterocycles. The first-order valence-electron chi connectivity index (χ1n) is 6.40. The Bertz CT molecular complexity index is 195. The number of hydrogen-bond acceptors (Lipinski definition) is 3. The van der Waals surface area contributed by atoms with Crippen LogP contribution in [-0.4, -0.2) is 62.2 Å². The number of likely N-dealkylation sites (N-methyl/N-ethyl adjacent to an activating group) is 1. The number of nitrogens with zero attached hydrogens (tertiary/aromatic N) is 2. The van der Waals surface area contributed by atoms with Gasteiger partial charge < -0.3 is 15.1 Å². The van der Waals surface area contributed by atoms with Gasteiger partial charge in [0.15, 0.2) is 0 Å². The average molecular weight is 211 g/mol. The molecule has 15 heavy (non-hydrogen) atoms. The maximum Gasteiger partial charge on any atom is 0.0221 e. The Hall–Kier alpha value is -0.120. The van der Waals surface area contributed by atoms with Crippen LogP contribution in [0.25, 0.3) is 0 Å². The Morgan fingerprint density at radius 3 is 2.80 bits per heavy atom. The molecule has 1 N–H and O–H groups in total. The van der Waals surface area contributed by atoms with Crippen molar-refractivity contribution in [2.75, 3.05) is 46.3 Å². The fourth-order valence-electron chi connectivity index (χ4n) is 2.70. The van der Waals surface area contributed by atoms with Crippen LogP contribution in [0.4, 0.5) is 0 Å². The minimum Gasteiger partial charge on any atom is -0.312 e. The van der Waals surface area contributed by atoms with Gasteiger partial charge in [-0.2, -0.15) is 0 Å². The van der Waals surface area contributed by atoms with Crippen molar-refractivity contribution in [2.45, 2.75) is 25.8 Å². The van der Waals surface area contributed by atoms with Gasteiger partial charge in [-0.3, -0.25) is 0 Å². The summed E-state index contributed by atoms with van der Waals surface area (Å²) in [5, 5.41) is 3.63. The molecule has 0 amide bonds. The van der Waals surface area contributed by atoms with E-state index in [2.05, 4.69) is 29.1 Å². The maximum atomic E-state index is 3.63. The van der Waals surface area contributed by atoms with E-state index >= 15 is 0 Å². The molecule has 0 aliphatic carbocycles. The van der Waals surface area contributed by atoms with Crippen molar-refractivity contribution in [3.8, 4) is 0 Å². The van der Waals surface area contributed by atoms with Crippen molar-refractivity contribution in [2.24, 2.45) is 5.92 Å². The second-order valence-corrected chi connectivity index (χ2v) is 5.28. The van der Waals surface area contributed by atoms with Crippen LogP contribution < -0.4 is 5.32 Å². The Labute approximate surface area is 93.8 Å². The minimum absolute atomic E-state index is 0.744. The van der Waals surface area contributed by atoms with E-state index in [0.717, 1.165) is 12.0 Å². The van der Waals surface area contributed by atoms with Crippen LogP contribution in [0.3, 0.4) is 0 Å². The van der Waals surface area contributed by atoms with Gasteiger partial charge in [-0.15, -0.1) is 0 Å². The summed E-state index contributed by atoms with van der Waals surface area (Å²) in [5.41, 5.74) is 0. The number of nitrogens with one attached hydrogen (secondary N) is 1. The van der Waals surface area contributed by atoms with E-state index in [0.29, 0.717) is 0 Å². The first-order valence-corrected chi connectivity index (χ1v) is 6.40. The Kier molecular flexibility index (Phi) is 4.00. The van der Waals surface area contributed by atoms with E-state index < -0.39 is 0 Å². The molecule has 2 atom stereocenters. The van der Waals surface area contributed by atoms with Crippen LogP contribution in [-0.2, 0) is 0 Å². The summed E-state index contributed by atoms with van der Waals surface area (Å²) < 4.78 is 0. The first-order chi connectivity index (χ1) is 7.25. The zero-order valence-corrected chi connectivity index (χ0v) is 10.2. The lowest BCUT2D eigenvalue weighted by molar-refractivity contribution is 0.238. The van der Waals surface area contributed by atoms with Crippen molar-refractivity contribution in [1.82, 2.24) is 15.1 Å². The van der Waals surface area contributed by atoms with E-state index in [1.807, 2.05) is 0 Å². The molecule has 2 fully saturated rings. The molecule has 88 valence electrons. The van der Waals surface area contributed by atoms with Crippen LogP contribution in [0.1, 0.15) is 19.8 Å². The molecular weight excluding hydrogens is 186 g/mol. The topological polar surface area (TPSA) is 18.5 Å². The predicted octanol–water partition coefficient (Wildman–Crippen LogP) is 0.622. The van der Waals surface area contributed by atoms with Gasteiger partial charge in [0.05, 0.1) is 0 Å². The Balaban J connectivity index is 1.78. The van der Waals surface area contributed by atoms with E-state index in [-0.39, 0.29) is 0 Å². The molecule has 2 saturated heterocycles. The molecule has 3 nitrogen and oxygen atoms in total. The molecule has 0 spiro atoms. The standard InChI is InChI=1S/C12H25N3/c1-11-4-5-13-12(11)10-15-7-3-6-14(2)8-9-15/h11-13H,3-10H2,1-2H3. The molecule has 3 heteroatoms. The quantitative estimate of drug-likeness (QED) is 0.722. The van der Waals surface area contributed by atoms with Crippen molar-refractivity contribution >= 4 is 0 Å². The molecule has 0 radical (unpaired) electrons. The molecule has 2 aliphatic heterocycles. The molecule has 0 bridgehead atoms. The van der Waals surface area contributed by atoms with Crippen molar-refractivity contribution in [3.63, 3.8) is 0 Å². The van der Waals surface area contributed by atoms with Crippen molar-refractivity contribution in [1.29, 1.82) is 0 Å². The van der Waals surface area contributed by atoms with E-state index in [4.69, 9.17) is 0 Å². The van der Waals surface area contributed by atoms with Crippen LogP contribution in [0.5, 0.6) is 0 Å². The first kappa shape index (κ1) is 11.4. The summed E-state index contributed by atoms with van der Waals surface area (Å²) in [5.74, 6) is 0.867. The molecule has 2 aliphatic rings. The predicted molar refractivity (Wildman–Crippen MR) is 64.1 cm³/mol. The van der Waals surface area contributed by atoms with Gasteiger partial charge in [0.2, 0.25) is 0 Å². The zero-order chi connectivity index (χ0) is 10.7. The van der Waals surface area contributed by atoms with Crippen molar-refractivity contribution < 1.29 is 0 Å². The SMILES string of the molecule is CC1CCNC1CN1CCCN(C)CC1. The van der Waals surface area contributed by atoms with Crippen molar-refractivity contribution in [3.05, 3.63) is 0 Å². The van der Waals surface area contributed by atoms with Crippen LogP contribution in [0.2, 0.25) is 0 Å². The van der Waals surface area contributed by atoms with Crippen LogP contribution >= 0.6 is 0 Å². The van der Waals surface area contributed by atoms with Gasteiger partial charge in [0.1, 0.15) is 0 Å². The lowest BCUT2D eigenvalue weighted by atomic mass is 10.0. The van der Waals surface area contributed by atoms with Gasteiger partial charge in [0, 0.05) is 25.7 Å². The third-order valence-corrected chi connectivity index (χ3v) is 3.96.